The van der Waals surface area contributed by atoms with Crippen molar-refractivity contribution in [3.63, 3.8) is 0 Å². The van der Waals surface area contributed by atoms with Gasteiger partial charge in [0.1, 0.15) is 6.04 Å². The van der Waals surface area contributed by atoms with Gasteiger partial charge in [0.05, 0.1) is 5.57 Å². The maximum Gasteiger partial charge on any atom is 0.248 e. The van der Waals surface area contributed by atoms with Crippen LogP contribution >= 0.6 is 15.9 Å². The first kappa shape index (κ1) is 12.8. The number of nitrogens with two attached hydrogens (primary N) is 1. The van der Waals surface area contributed by atoms with E-state index in [4.69, 9.17) is 5.73 Å². The lowest BCUT2D eigenvalue weighted by Gasteiger charge is -2.26. The third-order valence-corrected chi connectivity index (χ3v) is 3.69. The van der Waals surface area contributed by atoms with Gasteiger partial charge in [0.2, 0.25) is 11.9 Å². The van der Waals surface area contributed by atoms with Gasteiger partial charge in [-0.15, -0.1) is 0 Å². The maximum atomic E-state index is 11.8. The number of carbonyl (C=O) groups excluding carboxylic acids is 1. The molecule has 1 aliphatic rings. The van der Waals surface area contributed by atoms with Crippen molar-refractivity contribution < 1.29 is 4.79 Å². The summed E-state index contributed by atoms with van der Waals surface area (Å²) >= 11 is 3.39. The zero-order valence-electron chi connectivity index (χ0n) is 10.5. The van der Waals surface area contributed by atoms with Crippen molar-refractivity contribution in [1.29, 1.82) is 0 Å². The van der Waals surface area contributed by atoms with Gasteiger partial charge in [0.15, 0.2) is 0 Å². The quantitative estimate of drug-likeness (QED) is 0.859. The molecule has 0 bridgehead atoms. The van der Waals surface area contributed by atoms with Crippen molar-refractivity contribution in [1.82, 2.24) is 20.2 Å². The van der Waals surface area contributed by atoms with Crippen molar-refractivity contribution in [2.75, 3.05) is 5.32 Å². The largest absolute Gasteiger partial charge is 0.366 e. The molecule has 0 saturated heterocycles. The Bertz CT molecular complexity index is 705. The molecular weight excluding hydrogens is 324 g/mol. The van der Waals surface area contributed by atoms with E-state index in [-0.39, 0.29) is 0 Å². The number of nitrogens with zero attached hydrogens (tertiary/aromatic N) is 4. The van der Waals surface area contributed by atoms with Crippen LogP contribution in [0.15, 0.2) is 40.0 Å². The number of tetrazole rings is 1. The second kappa shape index (κ2) is 4.71. The highest BCUT2D eigenvalue weighted by atomic mass is 79.9. The van der Waals surface area contributed by atoms with Gasteiger partial charge in [0, 0.05) is 10.2 Å². The van der Waals surface area contributed by atoms with E-state index in [1.807, 2.05) is 24.3 Å². The molecule has 0 unspecified atom stereocenters. The summed E-state index contributed by atoms with van der Waals surface area (Å²) in [7, 11) is 0. The molecule has 1 amide bonds. The Balaban J connectivity index is 2.19. The summed E-state index contributed by atoms with van der Waals surface area (Å²) in [6.45, 7) is 1.78. The number of carbonyl (C=O) groups is 1. The molecule has 0 spiro atoms. The zero-order chi connectivity index (χ0) is 14.3. The molecule has 1 aromatic carbocycles. The number of primary amides is 1. The molecule has 102 valence electrons. The molecule has 1 aromatic heterocycles. The molecule has 1 atom stereocenters. The average Bonchev–Trinajstić information content (AvgIpc) is 2.85. The van der Waals surface area contributed by atoms with Gasteiger partial charge in [-0.05, 0) is 35.0 Å². The highest BCUT2D eigenvalue weighted by molar-refractivity contribution is 9.10. The number of fused-ring (bicyclic) bond motifs is 1. The Hall–Kier alpha value is -2.22. The highest BCUT2D eigenvalue weighted by Crippen LogP contribution is 2.34. The third kappa shape index (κ3) is 1.97. The summed E-state index contributed by atoms with van der Waals surface area (Å²) in [6, 6.07) is 7.18. The lowest BCUT2D eigenvalue weighted by molar-refractivity contribution is -0.115. The van der Waals surface area contributed by atoms with E-state index in [0.717, 1.165) is 10.0 Å². The van der Waals surface area contributed by atoms with Gasteiger partial charge < -0.3 is 11.1 Å². The number of allylic oxidation sites excluding steroid dienone is 1. The SMILES string of the molecule is CC1=C(C(N)=O)[C@@H](c2ccc(Br)cc2)n2nnnc2N1. The fourth-order valence-electron chi connectivity index (χ4n) is 2.28. The minimum Gasteiger partial charge on any atom is -0.366 e. The monoisotopic (exact) mass is 334 g/mol. The predicted octanol–water partition coefficient (Wildman–Crippen LogP) is 1.21. The average molecular weight is 335 g/mol. The Kier molecular flexibility index (Phi) is 3.01. The van der Waals surface area contributed by atoms with E-state index in [0.29, 0.717) is 17.2 Å². The van der Waals surface area contributed by atoms with Crippen LogP contribution in [0, 0.1) is 0 Å². The third-order valence-electron chi connectivity index (χ3n) is 3.17. The van der Waals surface area contributed by atoms with E-state index < -0.39 is 11.9 Å². The summed E-state index contributed by atoms with van der Waals surface area (Å²) in [4.78, 5) is 11.8. The van der Waals surface area contributed by atoms with Crippen molar-refractivity contribution in [2.45, 2.75) is 13.0 Å². The number of anilines is 1. The number of nitrogens with one attached hydrogen (secondary N) is 1. The molecular formula is C12H11BrN6O. The predicted molar refractivity (Wildman–Crippen MR) is 75.6 cm³/mol. The summed E-state index contributed by atoms with van der Waals surface area (Å²) in [5.74, 6) is -0.00973. The summed E-state index contributed by atoms with van der Waals surface area (Å²) in [5, 5.41) is 14.4. The van der Waals surface area contributed by atoms with E-state index in [1.54, 1.807) is 11.6 Å². The van der Waals surface area contributed by atoms with Gasteiger partial charge in [-0.25, -0.2) is 0 Å². The Morgan fingerprint density at radius 3 is 2.75 bits per heavy atom. The summed E-state index contributed by atoms with van der Waals surface area (Å²) < 4.78 is 2.50. The first-order valence-electron chi connectivity index (χ1n) is 5.89. The summed E-state index contributed by atoms with van der Waals surface area (Å²) in [5.41, 5.74) is 7.51. The van der Waals surface area contributed by atoms with E-state index in [2.05, 4.69) is 36.8 Å². The van der Waals surface area contributed by atoms with Gasteiger partial charge >= 0.3 is 0 Å². The number of halogens is 1. The number of benzene rings is 1. The number of amides is 1. The van der Waals surface area contributed by atoms with Crippen LogP contribution in [0.5, 0.6) is 0 Å². The maximum absolute atomic E-state index is 11.8. The molecule has 1 aliphatic heterocycles. The van der Waals surface area contributed by atoms with Crippen molar-refractivity contribution in [3.8, 4) is 0 Å². The van der Waals surface area contributed by atoms with Crippen LogP contribution < -0.4 is 11.1 Å². The standard InChI is InChI=1S/C12H11BrN6O/c1-6-9(11(14)20)10(7-2-4-8(13)5-3-7)19-12(15-6)16-17-18-19/h2-5,10H,1H3,(H2,14,20)(H,15,16,18)/t10-/m1/s1. The lowest BCUT2D eigenvalue weighted by atomic mass is 9.95. The van der Waals surface area contributed by atoms with Gasteiger partial charge in [-0.3, -0.25) is 4.79 Å². The molecule has 3 rings (SSSR count). The molecule has 0 aliphatic carbocycles. The second-order valence-corrected chi connectivity index (χ2v) is 5.34. The second-order valence-electron chi connectivity index (χ2n) is 4.43. The molecule has 0 fully saturated rings. The van der Waals surface area contributed by atoms with Crippen molar-refractivity contribution in [2.24, 2.45) is 5.73 Å². The highest BCUT2D eigenvalue weighted by Gasteiger charge is 2.32. The van der Waals surface area contributed by atoms with Crippen LogP contribution in [0.3, 0.4) is 0 Å². The van der Waals surface area contributed by atoms with Crippen LogP contribution in [0.25, 0.3) is 0 Å². The van der Waals surface area contributed by atoms with E-state index in [9.17, 15) is 4.79 Å². The van der Waals surface area contributed by atoms with Crippen molar-refractivity contribution >= 4 is 27.8 Å². The normalized spacial score (nSPS) is 17.6. The van der Waals surface area contributed by atoms with Crippen LogP contribution in [-0.2, 0) is 4.79 Å². The molecule has 20 heavy (non-hydrogen) atoms. The Labute approximate surface area is 123 Å². The molecule has 8 heteroatoms. The van der Waals surface area contributed by atoms with E-state index >= 15 is 0 Å². The minimum absolute atomic E-state index is 0.424. The first-order chi connectivity index (χ1) is 9.58. The van der Waals surface area contributed by atoms with Crippen LogP contribution in [-0.4, -0.2) is 26.1 Å². The lowest BCUT2D eigenvalue weighted by Crippen LogP contribution is -2.31. The molecule has 3 N–H and O–H groups in total. The molecule has 0 saturated carbocycles. The molecule has 7 nitrogen and oxygen atoms in total. The smallest absolute Gasteiger partial charge is 0.248 e. The minimum atomic E-state index is -0.496. The molecule has 2 heterocycles. The Morgan fingerprint density at radius 2 is 2.10 bits per heavy atom. The fourth-order valence-corrected chi connectivity index (χ4v) is 2.55. The van der Waals surface area contributed by atoms with Crippen LogP contribution in [0.2, 0.25) is 0 Å². The topological polar surface area (TPSA) is 98.7 Å². The fraction of sp³-hybridized carbons (Fsp3) is 0.167. The Morgan fingerprint density at radius 1 is 1.40 bits per heavy atom. The van der Waals surface area contributed by atoms with E-state index in [1.165, 1.54) is 0 Å². The number of aromatic nitrogens is 4. The van der Waals surface area contributed by atoms with Gasteiger partial charge in [-0.1, -0.05) is 33.2 Å². The van der Waals surface area contributed by atoms with Gasteiger partial charge in [0.25, 0.3) is 0 Å². The number of hydrogen-bond donors (Lipinski definition) is 2. The van der Waals surface area contributed by atoms with Gasteiger partial charge in [-0.2, -0.15) is 4.68 Å². The first-order valence-corrected chi connectivity index (χ1v) is 6.68. The van der Waals surface area contributed by atoms with Crippen LogP contribution in [0.4, 0.5) is 5.95 Å². The molecule has 2 aromatic rings. The summed E-state index contributed by atoms with van der Waals surface area (Å²) in [6.07, 6.45) is 0. The number of rotatable bonds is 2. The van der Waals surface area contributed by atoms with Crippen molar-refractivity contribution in [3.05, 3.63) is 45.6 Å². The van der Waals surface area contributed by atoms with Crippen LogP contribution in [0.1, 0.15) is 18.5 Å². The number of hydrogen-bond acceptors (Lipinski definition) is 5. The zero-order valence-corrected chi connectivity index (χ0v) is 12.1. The molecule has 0 radical (unpaired) electrons.